The molecule has 1 aromatic heterocycles. The Balaban J connectivity index is 0.00000128. The molecule has 0 radical (unpaired) electrons. The zero-order chi connectivity index (χ0) is 10.8. The normalized spacial score (nSPS) is 9.62. The number of hydrogen-bond donors (Lipinski definition) is 1. The Morgan fingerprint density at radius 1 is 1.31 bits per heavy atom. The van der Waals surface area contributed by atoms with Gasteiger partial charge in [-0.15, -0.1) is 24.0 Å². The van der Waals surface area contributed by atoms with Gasteiger partial charge in [0.25, 0.3) is 5.24 Å². The van der Waals surface area contributed by atoms with Gasteiger partial charge in [0.05, 0.1) is 0 Å². The Morgan fingerprint density at radius 3 is 2.56 bits per heavy atom. The first-order valence-corrected chi connectivity index (χ1v) is 5.95. The second-order valence-electron chi connectivity index (χ2n) is 2.99. The number of rotatable bonds is 2. The van der Waals surface area contributed by atoms with Gasteiger partial charge in [0.15, 0.2) is 0 Å². The summed E-state index contributed by atoms with van der Waals surface area (Å²) in [7, 11) is 0. The molecule has 5 heteroatoms. The summed E-state index contributed by atoms with van der Waals surface area (Å²) in [6.07, 6.45) is 0. The van der Waals surface area contributed by atoms with E-state index in [2.05, 4.69) is 12.6 Å². The van der Waals surface area contributed by atoms with Gasteiger partial charge in [-0.05, 0) is 23.7 Å². The van der Waals surface area contributed by atoms with E-state index in [1.165, 1.54) is 11.3 Å². The molecular formula is C11H8ClNaOS2. The molecule has 0 unspecified atom stereocenters. The number of thiophene rings is 1. The van der Waals surface area contributed by atoms with Crippen molar-refractivity contribution in [1.82, 2.24) is 0 Å². The molecule has 0 saturated heterocycles. The SMILES string of the molecule is O=C(Cl)c1csc(-c2ccccc2S)c1.[NaH]. The number of benzene rings is 1. The van der Waals surface area contributed by atoms with Crippen LogP contribution >= 0.6 is 35.6 Å². The molecule has 0 aliphatic carbocycles. The van der Waals surface area contributed by atoms with Gasteiger partial charge in [-0.25, -0.2) is 0 Å². The van der Waals surface area contributed by atoms with Crippen molar-refractivity contribution in [1.29, 1.82) is 0 Å². The second-order valence-corrected chi connectivity index (χ2v) is 4.73. The van der Waals surface area contributed by atoms with Crippen molar-refractivity contribution < 1.29 is 4.79 Å². The molecular weight excluding hydrogens is 271 g/mol. The molecule has 0 N–H and O–H groups in total. The fourth-order valence-electron chi connectivity index (χ4n) is 1.26. The zero-order valence-electron chi connectivity index (χ0n) is 7.61. The van der Waals surface area contributed by atoms with E-state index in [1.807, 2.05) is 24.3 Å². The molecule has 16 heavy (non-hydrogen) atoms. The van der Waals surface area contributed by atoms with E-state index >= 15 is 0 Å². The van der Waals surface area contributed by atoms with Crippen LogP contribution in [0.1, 0.15) is 10.4 Å². The molecule has 0 fully saturated rings. The van der Waals surface area contributed by atoms with Gasteiger partial charge in [-0.2, -0.15) is 0 Å². The molecule has 1 aromatic carbocycles. The Kier molecular flexibility index (Phi) is 5.57. The molecule has 0 spiro atoms. The third kappa shape index (κ3) is 3.13. The molecule has 1 heterocycles. The summed E-state index contributed by atoms with van der Waals surface area (Å²) >= 11 is 11.2. The van der Waals surface area contributed by atoms with E-state index in [-0.39, 0.29) is 29.6 Å². The minimum atomic E-state index is -0.422. The van der Waals surface area contributed by atoms with Crippen LogP contribution in [0.25, 0.3) is 10.4 Å². The summed E-state index contributed by atoms with van der Waals surface area (Å²) in [5.74, 6) is 0. The summed E-state index contributed by atoms with van der Waals surface area (Å²) in [5.41, 5.74) is 1.56. The van der Waals surface area contributed by atoms with Crippen molar-refractivity contribution in [3.63, 3.8) is 0 Å². The molecule has 2 aromatic rings. The average molecular weight is 279 g/mol. The van der Waals surface area contributed by atoms with Crippen LogP contribution in [0.5, 0.6) is 0 Å². The zero-order valence-corrected chi connectivity index (χ0v) is 10.1. The van der Waals surface area contributed by atoms with E-state index in [9.17, 15) is 4.79 Å². The van der Waals surface area contributed by atoms with E-state index in [1.54, 1.807) is 11.4 Å². The fourth-order valence-corrected chi connectivity index (χ4v) is 2.72. The Bertz CT molecular complexity index is 510. The average Bonchev–Trinajstić information content (AvgIpc) is 2.67. The van der Waals surface area contributed by atoms with E-state index in [0.717, 1.165) is 15.3 Å². The van der Waals surface area contributed by atoms with Gasteiger partial charge in [-0.3, -0.25) is 4.79 Å². The first-order valence-electron chi connectivity index (χ1n) is 4.25. The molecule has 0 amide bonds. The van der Waals surface area contributed by atoms with E-state index in [0.29, 0.717) is 5.56 Å². The number of carbonyl (C=O) groups is 1. The molecule has 0 atom stereocenters. The van der Waals surface area contributed by atoms with Crippen LogP contribution in [0.4, 0.5) is 0 Å². The number of thiol groups is 1. The molecule has 78 valence electrons. The van der Waals surface area contributed by atoms with Gasteiger partial charge < -0.3 is 0 Å². The molecule has 0 aliphatic rings. The van der Waals surface area contributed by atoms with Crippen molar-refractivity contribution in [2.45, 2.75) is 4.90 Å². The van der Waals surface area contributed by atoms with Crippen molar-refractivity contribution in [3.05, 3.63) is 41.3 Å². The summed E-state index contributed by atoms with van der Waals surface area (Å²) in [4.78, 5) is 12.8. The van der Waals surface area contributed by atoms with Crippen molar-refractivity contribution in [3.8, 4) is 10.4 Å². The third-order valence-electron chi connectivity index (χ3n) is 2.00. The first-order chi connectivity index (χ1) is 7.18. The predicted octanol–water partition coefficient (Wildman–Crippen LogP) is 3.43. The summed E-state index contributed by atoms with van der Waals surface area (Å²) in [6, 6.07) is 9.54. The molecule has 2 rings (SSSR count). The fraction of sp³-hybridized carbons (Fsp3) is 0. The summed E-state index contributed by atoms with van der Waals surface area (Å²) < 4.78 is 0. The Morgan fingerprint density at radius 2 is 2.00 bits per heavy atom. The molecule has 0 aliphatic heterocycles. The number of halogens is 1. The quantitative estimate of drug-likeness (QED) is 0.506. The van der Waals surface area contributed by atoms with E-state index in [4.69, 9.17) is 11.6 Å². The predicted molar refractivity (Wildman–Crippen MR) is 74.3 cm³/mol. The molecule has 0 bridgehead atoms. The van der Waals surface area contributed by atoms with Crippen molar-refractivity contribution in [2.75, 3.05) is 0 Å². The second kappa shape index (κ2) is 6.24. The van der Waals surface area contributed by atoms with E-state index < -0.39 is 5.24 Å². The first kappa shape index (κ1) is 14.3. The molecule has 0 saturated carbocycles. The van der Waals surface area contributed by atoms with Crippen molar-refractivity contribution >= 4 is 70.4 Å². The van der Waals surface area contributed by atoms with Gasteiger partial charge in [0.1, 0.15) is 0 Å². The number of carbonyl (C=O) groups excluding carboxylic acids is 1. The van der Waals surface area contributed by atoms with Gasteiger partial charge >= 0.3 is 29.6 Å². The van der Waals surface area contributed by atoms with Gasteiger partial charge in [0, 0.05) is 26.3 Å². The van der Waals surface area contributed by atoms with Crippen LogP contribution in [0.15, 0.2) is 40.6 Å². The monoisotopic (exact) mass is 278 g/mol. The third-order valence-corrected chi connectivity index (χ3v) is 3.57. The van der Waals surface area contributed by atoms with Crippen LogP contribution in [0.2, 0.25) is 0 Å². The Labute approximate surface area is 131 Å². The van der Waals surface area contributed by atoms with Crippen LogP contribution in [-0.2, 0) is 0 Å². The Hall–Kier alpha value is 0.230. The minimum absolute atomic E-state index is 0. The topological polar surface area (TPSA) is 17.1 Å². The number of hydrogen-bond acceptors (Lipinski definition) is 3. The van der Waals surface area contributed by atoms with Crippen molar-refractivity contribution in [2.24, 2.45) is 0 Å². The van der Waals surface area contributed by atoms with Gasteiger partial charge in [-0.1, -0.05) is 18.2 Å². The summed E-state index contributed by atoms with van der Waals surface area (Å²) in [5, 5.41) is 1.33. The van der Waals surface area contributed by atoms with Crippen LogP contribution in [0, 0.1) is 0 Å². The standard InChI is InChI=1S/C11H7ClOS2.Na.H/c12-11(13)7-5-10(15-6-7)8-3-1-2-4-9(8)14;;/h1-6,14H;;. The maximum absolute atomic E-state index is 10.9. The van der Waals surface area contributed by atoms with Gasteiger partial charge in [0.2, 0.25) is 0 Å². The van der Waals surface area contributed by atoms with Crippen LogP contribution in [-0.4, -0.2) is 34.8 Å². The van der Waals surface area contributed by atoms with Crippen LogP contribution < -0.4 is 0 Å². The maximum atomic E-state index is 10.9. The van der Waals surface area contributed by atoms with Crippen LogP contribution in [0.3, 0.4) is 0 Å². The molecule has 1 nitrogen and oxygen atoms in total. The summed E-state index contributed by atoms with van der Waals surface area (Å²) in [6.45, 7) is 0.